The molecule has 0 aliphatic heterocycles. The zero-order valence-corrected chi connectivity index (χ0v) is 13.4. The lowest BCUT2D eigenvalue weighted by molar-refractivity contribution is -0.121. The molecule has 0 aromatic heterocycles. The lowest BCUT2D eigenvalue weighted by Crippen LogP contribution is -2.34. The Labute approximate surface area is 120 Å². The van der Waals surface area contributed by atoms with E-state index < -0.39 is 11.7 Å². The van der Waals surface area contributed by atoms with Gasteiger partial charge < -0.3 is 15.4 Å². The number of hydrogen-bond donors (Lipinski definition) is 2. The second-order valence-corrected chi connectivity index (χ2v) is 6.66. The van der Waals surface area contributed by atoms with E-state index in [2.05, 4.69) is 17.6 Å². The Kier molecular flexibility index (Phi) is 8.63. The maximum Gasteiger partial charge on any atom is 0.407 e. The van der Waals surface area contributed by atoms with Crippen molar-refractivity contribution in [2.45, 2.75) is 51.4 Å². The number of ether oxygens (including phenoxy) is 1. The highest BCUT2D eigenvalue weighted by Crippen LogP contribution is 2.06. The molecule has 0 saturated carbocycles. The second-order valence-electron chi connectivity index (χ2n) is 5.38. The van der Waals surface area contributed by atoms with Gasteiger partial charge in [0.25, 0.3) is 0 Å². The van der Waals surface area contributed by atoms with Gasteiger partial charge in [-0.1, -0.05) is 6.92 Å². The van der Waals surface area contributed by atoms with Gasteiger partial charge in [-0.2, -0.15) is 11.8 Å². The summed E-state index contributed by atoms with van der Waals surface area (Å²) < 4.78 is 5.08. The van der Waals surface area contributed by atoms with Crippen molar-refractivity contribution < 1.29 is 14.3 Å². The molecule has 1 atom stereocenters. The Morgan fingerprint density at radius 3 is 2.42 bits per heavy atom. The summed E-state index contributed by atoms with van der Waals surface area (Å²) in [5.41, 5.74) is -0.491. The van der Waals surface area contributed by atoms with E-state index in [9.17, 15) is 9.59 Å². The van der Waals surface area contributed by atoms with Crippen molar-refractivity contribution >= 4 is 23.8 Å². The molecule has 6 heteroatoms. The minimum absolute atomic E-state index is 0.0203. The molecule has 112 valence electrons. The Morgan fingerprint density at radius 1 is 1.26 bits per heavy atom. The van der Waals surface area contributed by atoms with Crippen LogP contribution in [-0.2, 0) is 9.53 Å². The molecular formula is C13H26N2O3S. The van der Waals surface area contributed by atoms with Crippen LogP contribution >= 0.6 is 11.8 Å². The third-order valence-electron chi connectivity index (χ3n) is 2.24. The van der Waals surface area contributed by atoms with E-state index in [1.165, 1.54) is 0 Å². The predicted octanol–water partition coefficient (Wildman–Crippen LogP) is 2.16. The van der Waals surface area contributed by atoms with Gasteiger partial charge in [-0.05, 0) is 33.4 Å². The van der Waals surface area contributed by atoms with E-state index in [-0.39, 0.29) is 5.91 Å². The summed E-state index contributed by atoms with van der Waals surface area (Å²) in [4.78, 5) is 22.8. The van der Waals surface area contributed by atoms with Gasteiger partial charge in [-0.3, -0.25) is 4.79 Å². The first kappa shape index (κ1) is 18.1. The first-order chi connectivity index (χ1) is 8.74. The van der Waals surface area contributed by atoms with Crippen molar-refractivity contribution in [2.24, 2.45) is 0 Å². The fraction of sp³-hybridized carbons (Fsp3) is 0.846. The normalized spacial score (nSPS) is 12.7. The molecular weight excluding hydrogens is 264 g/mol. The number of carbonyl (C=O) groups excluding carboxylic acids is 2. The summed E-state index contributed by atoms with van der Waals surface area (Å²) in [5, 5.41) is 5.90. The largest absolute Gasteiger partial charge is 0.444 e. The van der Waals surface area contributed by atoms with E-state index in [1.54, 1.807) is 11.8 Å². The Bertz CT molecular complexity index is 290. The maximum atomic E-state index is 11.5. The number of rotatable bonds is 7. The second kappa shape index (κ2) is 9.07. The third-order valence-corrected chi connectivity index (χ3v) is 3.21. The van der Waals surface area contributed by atoms with Crippen LogP contribution < -0.4 is 10.6 Å². The molecule has 0 rings (SSSR count). The average molecular weight is 290 g/mol. The SMILES string of the molecule is CSC(C)CNC(=O)CCCNC(=O)OC(C)(C)C. The van der Waals surface area contributed by atoms with E-state index in [0.717, 1.165) is 0 Å². The Hall–Kier alpha value is -0.910. The van der Waals surface area contributed by atoms with Gasteiger partial charge in [-0.25, -0.2) is 4.79 Å². The van der Waals surface area contributed by atoms with Crippen molar-refractivity contribution in [2.75, 3.05) is 19.3 Å². The highest BCUT2D eigenvalue weighted by molar-refractivity contribution is 7.99. The highest BCUT2D eigenvalue weighted by atomic mass is 32.2. The van der Waals surface area contributed by atoms with Gasteiger partial charge in [0.2, 0.25) is 5.91 Å². The van der Waals surface area contributed by atoms with Crippen LogP contribution in [0, 0.1) is 0 Å². The van der Waals surface area contributed by atoms with Gasteiger partial charge in [0.1, 0.15) is 5.60 Å². The molecule has 0 heterocycles. The van der Waals surface area contributed by atoms with E-state index in [0.29, 0.717) is 31.2 Å². The minimum Gasteiger partial charge on any atom is -0.444 e. The van der Waals surface area contributed by atoms with Gasteiger partial charge in [0, 0.05) is 24.8 Å². The molecule has 0 aromatic rings. The van der Waals surface area contributed by atoms with Crippen LogP contribution in [0.25, 0.3) is 0 Å². The van der Waals surface area contributed by atoms with Crippen molar-refractivity contribution in [3.8, 4) is 0 Å². The third kappa shape index (κ3) is 11.9. The molecule has 0 radical (unpaired) electrons. The summed E-state index contributed by atoms with van der Waals surface area (Å²) >= 11 is 1.72. The molecule has 19 heavy (non-hydrogen) atoms. The molecule has 2 N–H and O–H groups in total. The molecule has 2 amide bonds. The zero-order chi connectivity index (χ0) is 14.9. The highest BCUT2D eigenvalue weighted by Gasteiger charge is 2.15. The summed E-state index contributed by atoms with van der Waals surface area (Å²) in [6.07, 6.45) is 2.60. The van der Waals surface area contributed by atoms with E-state index >= 15 is 0 Å². The molecule has 0 fully saturated rings. The molecule has 0 saturated heterocycles. The average Bonchev–Trinajstić information content (AvgIpc) is 2.29. The molecule has 0 bridgehead atoms. The van der Waals surface area contributed by atoms with Crippen molar-refractivity contribution in [3.63, 3.8) is 0 Å². The molecule has 1 unspecified atom stereocenters. The number of carbonyl (C=O) groups is 2. The van der Waals surface area contributed by atoms with Gasteiger partial charge >= 0.3 is 6.09 Å². The van der Waals surface area contributed by atoms with Crippen LogP contribution in [0.5, 0.6) is 0 Å². The fourth-order valence-electron chi connectivity index (χ4n) is 1.18. The van der Waals surface area contributed by atoms with E-state index in [1.807, 2.05) is 27.0 Å². The number of nitrogens with one attached hydrogen (secondary N) is 2. The van der Waals surface area contributed by atoms with Crippen LogP contribution in [0.3, 0.4) is 0 Å². The standard InChI is InChI=1S/C13H26N2O3S/c1-10(19-5)9-15-11(16)7-6-8-14-12(17)18-13(2,3)4/h10H,6-9H2,1-5H3,(H,14,17)(H,15,16). The number of alkyl carbamates (subject to hydrolysis) is 1. The lowest BCUT2D eigenvalue weighted by atomic mass is 10.2. The number of hydrogen-bond acceptors (Lipinski definition) is 4. The smallest absolute Gasteiger partial charge is 0.407 e. The van der Waals surface area contributed by atoms with Gasteiger partial charge in [-0.15, -0.1) is 0 Å². The number of amides is 2. The van der Waals surface area contributed by atoms with Crippen molar-refractivity contribution in [1.29, 1.82) is 0 Å². The lowest BCUT2D eigenvalue weighted by Gasteiger charge is -2.19. The van der Waals surface area contributed by atoms with Crippen LogP contribution in [-0.4, -0.2) is 42.2 Å². The van der Waals surface area contributed by atoms with Crippen LogP contribution in [0.1, 0.15) is 40.5 Å². The summed E-state index contributed by atoms with van der Waals surface area (Å²) in [6, 6.07) is 0. The maximum absolute atomic E-state index is 11.5. The fourth-order valence-corrected chi connectivity index (χ4v) is 1.43. The van der Waals surface area contributed by atoms with Crippen molar-refractivity contribution in [3.05, 3.63) is 0 Å². The molecule has 0 aliphatic carbocycles. The summed E-state index contributed by atoms with van der Waals surface area (Å²) in [5.74, 6) is 0.0203. The van der Waals surface area contributed by atoms with Crippen LogP contribution in [0.2, 0.25) is 0 Å². The monoisotopic (exact) mass is 290 g/mol. The van der Waals surface area contributed by atoms with Gasteiger partial charge in [0.15, 0.2) is 0 Å². The van der Waals surface area contributed by atoms with Gasteiger partial charge in [0.05, 0.1) is 0 Å². The molecule has 5 nitrogen and oxygen atoms in total. The van der Waals surface area contributed by atoms with E-state index in [4.69, 9.17) is 4.74 Å². The summed E-state index contributed by atoms with van der Waals surface area (Å²) in [6.45, 7) is 8.63. The minimum atomic E-state index is -0.491. The number of thioether (sulfide) groups is 1. The molecule has 0 aromatic carbocycles. The first-order valence-electron chi connectivity index (χ1n) is 6.51. The quantitative estimate of drug-likeness (QED) is 0.705. The zero-order valence-electron chi connectivity index (χ0n) is 12.5. The predicted molar refractivity (Wildman–Crippen MR) is 79.5 cm³/mol. The first-order valence-corrected chi connectivity index (χ1v) is 7.79. The Balaban J connectivity index is 3.58. The van der Waals surface area contributed by atoms with Crippen LogP contribution in [0.4, 0.5) is 4.79 Å². The summed E-state index contributed by atoms with van der Waals surface area (Å²) in [7, 11) is 0. The Morgan fingerprint density at radius 2 is 1.89 bits per heavy atom. The van der Waals surface area contributed by atoms with Crippen LogP contribution in [0.15, 0.2) is 0 Å². The van der Waals surface area contributed by atoms with Crippen molar-refractivity contribution in [1.82, 2.24) is 10.6 Å². The topological polar surface area (TPSA) is 67.4 Å². The molecule has 0 spiro atoms. The molecule has 0 aliphatic rings.